The SMILES string of the molecule is CCOc1ccc(N2CCC(N(C)CC#N)C2)cc1. The first-order chi connectivity index (χ1) is 9.24. The number of ether oxygens (including phenoxy) is 1. The summed E-state index contributed by atoms with van der Waals surface area (Å²) in [6, 6.07) is 10.9. The predicted octanol–water partition coefficient (Wildman–Crippen LogP) is 2.12. The zero-order chi connectivity index (χ0) is 13.7. The van der Waals surface area contributed by atoms with Crippen molar-refractivity contribution >= 4 is 5.69 Å². The Bertz CT molecular complexity index is 438. The molecule has 1 aliphatic rings. The van der Waals surface area contributed by atoms with E-state index in [2.05, 4.69) is 28.0 Å². The molecule has 1 aliphatic heterocycles. The van der Waals surface area contributed by atoms with Crippen molar-refractivity contribution in [3.63, 3.8) is 0 Å². The minimum Gasteiger partial charge on any atom is -0.494 e. The van der Waals surface area contributed by atoms with Crippen molar-refractivity contribution in [1.29, 1.82) is 5.26 Å². The number of benzene rings is 1. The van der Waals surface area contributed by atoms with Crippen molar-refractivity contribution in [3.05, 3.63) is 24.3 Å². The number of nitrogens with zero attached hydrogens (tertiary/aromatic N) is 3. The molecular weight excluding hydrogens is 238 g/mol. The van der Waals surface area contributed by atoms with Gasteiger partial charge in [0.25, 0.3) is 0 Å². The summed E-state index contributed by atoms with van der Waals surface area (Å²) in [5.74, 6) is 0.920. The molecule has 1 fully saturated rings. The molecule has 1 atom stereocenters. The normalized spacial score (nSPS) is 18.6. The molecule has 0 N–H and O–H groups in total. The van der Waals surface area contributed by atoms with E-state index in [0.717, 1.165) is 25.3 Å². The van der Waals surface area contributed by atoms with E-state index in [9.17, 15) is 0 Å². The zero-order valence-electron chi connectivity index (χ0n) is 11.7. The zero-order valence-corrected chi connectivity index (χ0v) is 11.7. The van der Waals surface area contributed by atoms with Gasteiger partial charge in [-0.3, -0.25) is 4.90 Å². The van der Waals surface area contributed by atoms with Gasteiger partial charge >= 0.3 is 0 Å². The van der Waals surface area contributed by atoms with Gasteiger partial charge in [-0.2, -0.15) is 5.26 Å². The number of nitriles is 1. The Morgan fingerprint density at radius 2 is 2.16 bits per heavy atom. The molecule has 102 valence electrons. The lowest BCUT2D eigenvalue weighted by Crippen LogP contribution is -2.34. The lowest BCUT2D eigenvalue weighted by molar-refractivity contribution is 0.289. The van der Waals surface area contributed by atoms with Crippen molar-refractivity contribution in [2.24, 2.45) is 0 Å². The van der Waals surface area contributed by atoms with Gasteiger partial charge in [0.15, 0.2) is 0 Å². The van der Waals surface area contributed by atoms with E-state index < -0.39 is 0 Å². The summed E-state index contributed by atoms with van der Waals surface area (Å²) in [4.78, 5) is 4.50. The fourth-order valence-electron chi connectivity index (χ4n) is 2.50. The van der Waals surface area contributed by atoms with E-state index in [1.807, 2.05) is 26.1 Å². The molecule has 0 saturated carbocycles. The molecule has 19 heavy (non-hydrogen) atoms. The molecule has 1 aromatic carbocycles. The molecule has 0 radical (unpaired) electrons. The first kappa shape index (κ1) is 13.7. The summed E-state index contributed by atoms with van der Waals surface area (Å²) < 4.78 is 5.45. The number of hydrogen-bond donors (Lipinski definition) is 0. The number of hydrogen-bond acceptors (Lipinski definition) is 4. The highest BCUT2D eigenvalue weighted by Crippen LogP contribution is 2.24. The molecule has 0 aliphatic carbocycles. The third-order valence-corrected chi connectivity index (χ3v) is 3.62. The van der Waals surface area contributed by atoms with E-state index >= 15 is 0 Å². The van der Waals surface area contributed by atoms with E-state index in [1.165, 1.54) is 5.69 Å². The summed E-state index contributed by atoms with van der Waals surface area (Å²) in [5.41, 5.74) is 1.23. The Hall–Kier alpha value is -1.73. The van der Waals surface area contributed by atoms with E-state index in [1.54, 1.807) is 0 Å². The van der Waals surface area contributed by atoms with Crippen molar-refractivity contribution < 1.29 is 4.74 Å². The molecule has 1 heterocycles. The highest BCUT2D eigenvalue weighted by atomic mass is 16.5. The predicted molar refractivity (Wildman–Crippen MR) is 76.5 cm³/mol. The smallest absolute Gasteiger partial charge is 0.119 e. The maximum absolute atomic E-state index is 8.74. The molecule has 1 aromatic rings. The lowest BCUT2D eigenvalue weighted by atomic mass is 10.2. The second-order valence-electron chi connectivity index (χ2n) is 4.89. The highest BCUT2D eigenvalue weighted by Gasteiger charge is 2.25. The minimum atomic E-state index is 0.478. The van der Waals surface area contributed by atoms with Gasteiger partial charge < -0.3 is 9.64 Å². The van der Waals surface area contributed by atoms with Gasteiger partial charge in [-0.05, 0) is 44.7 Å². The van der Waals surface area contributed by atoms with Crippen LogP contribution in [0, 0.1) is 11.3 Å². The number of anilines is 1. The van der Waals surface area contributed by atoms with Crippen LogP contribution in [0.3, 0.4) is 0 Å². The summed E-state index contributed by atoms with van der Waals surface area (Å²) in [6.07, 6.45) is 1.12. The Morgan fingerprint density at radius 1 is 1.42 bits per heavy atom. The van der Waals surface area contributed by atoms with Crippen LogP contribution in [-0.2, 0) is 0 Å². The van der Waals surface area contributed by atoms with Crippen LogP contribution in [0.2, 0.25) is 0 Å². The van der Waals surface area contributed by atoms with E-state index in [-0.39, 0.29) is 0 Å². The second-order valence-corrected chi connectivity index (χ2v) is 4.89. The standard InChI is InChI=1S/C15H21N3O/c1-3-19-15-6-4-13(5-7-15)18-10-8-14(12-18)17(2)11-9-16/h4-7,14H,3,8,10-12H2,1-2H3. The van der Waals surface area contributed by atoms with Crippen molar-refractivity contribution in [3.8, 4) is 11.8 Å². The van der Waals surface area contributed by atoms with Gasteiger partial charge in [0.1, 0.15) is 5.75 Å². The minimum absolute atomic E-state index is 0.478. The van der Waals surface area contributed by atoms with Crippen LogP contribution in [0.15, 0.2) is 24.3 Å². The third kappa shape index (κ3) is 3.39. The Balaban J connectivity index is 1.95. The molecule has 1 unspecified atom stereocenters. The fraction of sp³-hybridized carbons (Fsp3) is 0.533. The maximum Gasteiger partial charge on any atom is 0.119 e. The largest absolute Gasteiger partial charge is 0.494 e. The van der Waals surface area contributed by atoms with Gasteiger partial charge in [-0.15, -0.1) is 0 Å². The Labute approximate surface area is 115 Å². The van der Waals surface area contributed by atoms with Crippen LogP contribution in [0.5, 0.6) is 5.75 Å². The summed E-state index contributed by atoms with van der Waals surface area (Å²) >= 11 is 0. The average Bonchev–Trinajstić information content (AvgIpc) is 2.90. The lowest BCUT2D eigenvalue weighted by Gasteiger charge is -2.23. The first-order valence-electron chi connectivity index (χ1n) is 6.79. The monoisotopic (exact) mass is 259 g/mol. The van der Waals surface area contributed by atoms with Crippen LogP contribution < -0.4 is 9.64 Å². The third-order valence-electron chi connectivity index (χ3n) is 3.62. The van der Waals surface area contributed by atoms with Crippen LogP contribution in [0.1, 0.15) is 13.3 Å². The molecule has 4 nitrogen and oxygen atoms in total. The average molecular weight is 259 g/mol. The Kier molecular flexibility index (Phi) is 4.64. The van der Waals surface area contributed by atoms with E-state index in [0.29, 0.717) is 19.2 Å². The van der Waals surface area contributed by atoms with Crippen LogP contribution in [0.4, 0.5) is 5.69 Å². The van der Waals surface area contributed by atoms with Crippen LogP contribution in [0.25, 0.3) is 0 Å². The summed E-state index contributed by atoms with van der Waals surface area (Å²) in [6.45, 7) is 5.23. The maximum atomic E-state index is 8.74. The first-order valence-corrected chi connectivity index (χ1v) is 6.79. The van der Waals surface area contributed by atoms with Crippen molar-refractivity contribution in [1.82, 2.24) is 4.90 Å². The van der Waals surface area contributed by atoms with Gasteiger partial charge in [0.2, 0.25) is 0 Å². The van der Waals surface area contributed by atoms with Gasteiger partial charge in [0, 0.05) is 24.8 Å². The molecular formula is C15H21N3O. The van der Waals surface area contributed by atoms with Gasteiger partial charge in [-0.1, -0.05) is 0 Å². The number of rotatable bonds is 5. The summed E-state index contributed by atoms with van der Waals surface area (Å²) in [5, 5.41) is 8.74. The van der Waals surface area contributed by atoms with Gasteiger partial charge in [0.05, 0.1) is 19.2 Å². The molecule has 0 bridgehead atoms. The van der Waals surface area contributed by atoms with Crippen molar-refractivity contribution in [2.75, 3.05) is 38.2 Å². The molecule has 0 aromatic heterocycles. The molecule has 0 spiro atoms. The molecule has 2 rings (SSSR count). The van der Waals surface area contributed by atoms with E-state index in [4.69, 9.17) is 10.00 Å². The molecule has 4 heteroatoms. The highest BCUT2D eigenvalue weighted by molar-refractivity contribution is 5.50. The quantitative estimate of drug-likeness (QED) is 0.759. The number of likely N-dealkylation sites (N-methyl/N-ethyl adjacent to an activating group) is 1. The van der Waals surface area contributed by atoms with Gasteiger partial charge in [-0.25, -0.2) is 0 Å². The second kappa shape index (κ2) is 6.44. The summed E-state index contributed by atoms with van der Waals surface area (Å²) in [7, 11) is 2.02. The molecule has 1 saturated heterocycles. The van der Waals surface area contributed by atoms with Crippen LogP contribution in [-0.4, -0.2) is 44.2 Å². The molecule has 0 amide bonds. The fourth-order valence-corrected chi connectivity index (χ4v) is 2.50. The topological polar surface area (TPSA) is 39.5 Å². The van der Waals surface area contributed by atoms with Crippen molar-refractivity contribution in [2.45, 2.75) is 19.4 Å². The Morgan fingerprint density at radius 3 is 2.79 bits per heavy atom. The van der Waals surface area contributed by atoms with Crippen LogP contribution >= 0.6 is 0 Å².